The summed E-state index contributed by atoms with van der Waals surface area (Å²) >= 11 is 5.84. The highest BCUT2D eigenvalue weighted by Crippen LogP contribution is 2.12. The highest BCUT2D eigenvalue weighted by atomic mass is 35.5. The lowest BCUT2D eigenvalue weighted by Crippen LogP contribution is -2.24. The Kier molecular flexibility index (Phi) is 7.44. The van der Waals surface area contributed by atoms with E-state index in [4.69, 9.17) is 11.6 Å². The van der Waals surface area contributed by atoms with E-state index < -0.39 is 21.5 Å². The van der Waals surface area contributed by atoms with Crippen molar-refractivity contribution in [3.05, 3.63) is 101 Å². The fourth-order valence-corrected chi connectivity index (χ4v) is 4.26. The van der Waals surface area contributed by atoms with Crippen molar-refractivity contribution in [3.63, 3.8) is 0 Å². The van der Waals surface area contributed by atoms with Crippen LogP contribution in [0, 0.1) is 0 Å². The summed E-state index contributed by atoms with van der Waals surface area (Å²) in [6.07, 6.45) is 0. The van der Waals surface area contributed by atoms with E-state index in [-0.39, 0.29) is 11.7 Å². The van der Waals surface area contributed by atoms with Crippen LogP contribution in [0.15, 0.2) is 78.9 Å². The zero-order chi connectivity index (χ0) is 22.3. The quantitative estimate of drug-likeness (QED) is 0.539. The van der Waals surface area contributed by atoms with Crippen LogP contribution >= 0.6 is 11.6 Å². The number of hydrogen-bond acceptors (Lipinski definition) is 4. The second-order valence-corrected chi connectivity index (χ2v) is 9.45. The van der Waals surface area contributed by atoms with E-state index in [1.807, 2.05) is 12.1 Å². The first-order chi connectivity index (χ1) is 14.8. The third kappa shape index (κ3) is 7.24. The molecule has 31 heavy (non-hydrogen) atoms. The van der Waals surface area contributed by atoms with Crippen LogP contribution in [0.5, 0.6) is 0 Å². The molecule has 0 aliphatic heterocycles. The number of amides is 2. The lowest BCUT2D eigenvalue weighted by atomic mass is 10.1. The molecule has 3 aromatic carbocycles. The van der Waals surface area contributed by atoms with Gasteiger partial charge in [0, 0.05) is 22.8 Å². The molecule has 0 saturated heterocycles. The van der Waals surface area contributed by atoms with E-state index in [1.54, 1.807) is 66.7 Å². The monoisotopic (exact) mass is 456 g/mol. The predicted molar refractivity (Wildman–Crippen MR) is 122 cm³/mol. The van der Waals surface area contributed by atoms with E-state index in [0.717, 1.165) is 5.56 Å². The van der Waals surface area contributed by atoms with E-state index in [2.05, 4.69) is 10.6 Å². The van der Waals surface area contributed by atoms with Gasteiger partial charge in [0.2, 0.25) is 5.91 Å². The number of carbonyl (C=O) groups excluding carboxylic acids is 2. The maximum atomic E-state index is 12.4. The summed E-state index contributed by atoms with van der Waals surface area (Å²) in [7, 11) is -3.66. The summed E-state index contributed by atoms with van der Waals surface area (Å²) in [6.45, 7) is 0.350. The number of para-hydroxylation sites is 1. The molecule has 160 valence electrons. The van der Waals surface area contributed by atoms with E-state index in [1.165, 1.54) is 0 Å². The summed E-state index contributed by atoms with van der Waals surface area (Å²) < 4.78 is 24.7. The number of halogens is 1. The summed E-state index contributed by atoms with van der Waals surface area (Å²) in [5, 5.41) is 5.98. The minimum atomic E-state index is -3.66. The Morgan fingerprint density at radius 1 is 0.806 bits per heavy atom. The predicted octanol–water partition coefficient (Wildman–Crippen LogP) is 3.82. The molecule has 0 bridgehead atoms. The fraction of sp³-hybridized carbons (Fsp3) is 0.130. The minimum Gasteiger partial charge on any atom is -0.348 e. The molecule has 2 amide bonds. The molecule has 0 aliphatic rings. The largest absolute Gasteiger partial charge is 0.348 e. The number of carbonyl (C=O) groups is 2. The van der Waals surface area contributed by atoms with Crippen LogP contribution < -0.4 is 10.6 Å². The van der Waals surface area contributed by atoms with Crippen molar-refractivity contribution in [2.45, 2.75) is 12.3 Å². The number of benzene rings is 3. The van der Waals surface area contributed by atoms with Gasteiger partial charge in [-0.2, -0.15) is 0 Å². The molecule has 2 N–H and O–H groups in total. The number of rotatable bonds is 8. The third-order valence-corrected chi connectivity index (χ3v) is 6.10. The van der Waals surface area contributed by atoms with Crippen LogP contribution in [0.4, 0.5) is 5.69 Å². The molecule has 3 rings (SSSR count). The van der Waals surface area contributed by atoms with Crippen molar-refractivity contribution in [1.29, 1.82) is 0 Å². The van der Waals surface area contributed by atoms with Crippen molar-refractivity contribution in [1.82, 2.24) is 5.32 Å². The average molecular weight is 457 g/mol. The van der Waals surface area contributed by atoms with Crippen molar-refractivity contribution in [2.75, 3.05) is 11.1 Å². The van der Waals surface area contributed by atoms with Gasteiger partial charge in [0.05, 0.1) is 5.75 Å². The van der Waals surface area contributed by atoms with Gasteiger partial charge in [0.1, 0.15) is 5.75 Å². The van der Waals surface area contributed by atoms with E-state index in [0.29, 0.717) is 28.4 Å². The van der Waals surface area contributed by atoms with Gasteiger partial charge in [-0.25, -0.2) is 8.42 Å². The number of hydrogen-bond donors (Lipinski definition) is 2. The molecule has 0 saturated carbocycles. The molecule has 0 aliphatic carbocycles. The standard InChI is InChI=1S/C23H21ClN2O4S/c24-20-12-8-17(9-13-20)14-25-23(28)19-10-6-18(7-11-19)15-31(29,30)16-22(27)26-21-4-2-1-3-5-21/h1-13H,14-16H2,(H,25,28)(H,26,27). The number of nitrogens with one attached hydrogen (secondary N) is 2. The van der Waals surface area contributed by atoms with Gasteiger partial charge in [0.15, 0.2) is 9.84 Å². The molecular weight excluding hydrogens is 436 g/mol. The number of sulfone groups is 1. The summed E-state index contributed by atoms with van der Waals surface area (Å²) in [5.41, 5.74) is 2.37. The highest BCUT2D eigenvalue weighted by Gasteiger charge is 2.18. The Labute approximate surface area is 186 Å². The van der Waals surface area contributed by atoms with Crippen LogP contribution in [-0.2, 0) is 26.9 Å². The zero-order valence-electron chi connectivity index (χ0n) is 16.5. The van der Waals surface area contributed by atoms with Crippen LogP contribution in [-0.4, -0.2) is 26.0 Å². The molecule has 8 heteroatoms. The Bertz CT molecular complexity index is 1150. The van der Waals surface area contributed by atoms with Gasteiger partial charge in [-0.3, -0.25) is 9.59 Å². The van der Waals surface area contributed by atoms with Crippen LogP contribution in [0.1, 0.15) is 21.5 Å². The lowest BCUT2D eigenvalue weighted by Gasteiger charge is -2.08. The van der Waals surface area contributed by atoms with Crippen molar-refractivity contribution < 1.29 is 18.0 Å². The molecule has 0 radical (unpaired) electrons. The summed E-state index contributed by atoms with van der Waals surface area (Å²) in [6, 6.07) is 22.1. The smallest absolute Gasteiger partial charge is 0.251 e. The van der Waals surface area contributed by atoms with Gasteiger partial charge in [-0.1, -0.05) is 54.1 Å². The first kappa shape index (κ1) is 22.5. The maximum absolute atomic E-state index is 12.4. The maximum Gasteiger partial charge on any atom is 0.251 e. The van der Waals surface area contributed by atoms with Gasteiger partial charge in [0.25, 0.3) is 5.91 Å². The van der Waals surface area contributed by atoms with Gasteiger partial charge in [-0.05, 0) is 47.5 Å². The average Bonchev–Trinajstić information content (AvgIpc) is 2.73. The van der Waals surface area contributed by atoms with Crippen LogP contribution in [0.25, 0.3) is 0 Å². The fourth-order valence-electron chi connectivity index (χ4n) is 2.86. The molecule has 3 aromatic rings. The Morgan fingerprint density at radius 3 is 2.06 bits per heavy atom. The minimum absolute atomic E-state index is 0.272. The van der Waals surface area contributed by atoms with Crippen molar-refractivity contribution >= 4 is 38.9 Å². The van der Waals surface area contributed by atoms with E-state index in [9.17, 15) is 18.0 Å². The topological polar surface area (TPSA) is 92.3 Å². The first-order valence-electron chi connectivity index (χ1n) is 9.48. The van der Waals surface area contributed by atoms with E-state index >= 15 is 0 Å². The van der Waals surface area contributed by atoms with Crippen LogP contribution in [0.2, 0.25) is 5.02 Å². The third-order valence-electron chi connectivity index (χ3n) is 4.38. The molecule has 0 atom stereocenters. The molecule has 6 nitrogen and oxygen atoms in total. The van der Waals surface area contributed by atoms with Crippen molar-refractivity contribution in [3.8, 4) is 0 Å². The lowest BCUT2D eigenvalue weighted by molar-refractivity contribution is -0.113. The Balaban J connectivity index is 1.53. The Hall–Kier alpha value is -3.16. The van der Waals surface area contributed by atoms with Crippen molar-refractivity contribution in [2.24, 2.45) is 0 Å². The second kappa shape index (κ2) is 10.2. The molecule has 0 aromatic heterocycles. The number of anilines is 1. The molecular formula is C23H21ClN2O4S. The molecule has 0 fully saturated rings. The van der Waals surface area contributed by atoms with Gasteiger partial charge >= 0.3 is 0 Å². The highest BCUT2D eigenvalue weighted by molar-refractivity contribution is 7.91. The molecule has 0 heterocycles. The second-order valence-electron chi connectivity index (χ2n) is 6.95. The normalized spacial score (nSPS) is 11.0. The summed E-state index contributed by atoms with van der Waals surface area (Å²) in [4.78, 5) is 24.3. The SMILES string of the molecule is O=C(CS(=O)(=O)Cc1ccc(C(=O)NCc2ccc(Cl)cc2)cc1)Nc1ccccc1. The summed E-state index contributed by atoms with van der Waals surface area (Å²) in [5.74, 6) is -1.77. The van der Waals surface area contributed by atoms with Crippen LogP contribution in [0.3, 0.4) is 0 Å². The van der Waals surface area contributed by atoms with Gasteiger partial charge < -0.3 is 10.6 Å². The Morgan fingerprint density at radius 2 is 1.42 bits per heavy atom. The zero-order valence-corrected chi connectivity index (χ0v) is 18.1. The first-order valence-corrected chi connectivity index (χ1v) is 11.7. The van der Waals surface area contributed by atoms with Gasteiger partial charge in [-0.15, -0.1) is 0 Å². The molecule has 0 unspecified atom stereocenters. The molecule has 0 spiro atoms.